The zero-order valence-electron chi connectivity index (χ0n) is 9.00. The molecule has 0 amide bonds. The average Bonchev–Trinajstić information content (AvgIpc) is 2.82. The van der Waals surface area contributed by atoms with Gasteiger partial charge in [0.1, 0.15) is 5.01 Å². The highest BCUT2D eigenvalue weighted by molar-refractivity contribution is 7.09. The molecule has 17 heavy (non-hydrogen) atoms. The summed E-state index contributed by atoms with van der Waals surface area (Å²) in [6.07, 6.45) is 1.74. The van der Waals surface area contributed by atoms with E-state index in [0.29, 0.717) is 18.7 Å². The van der Waals surface area contributed by atoms with Crippen molar-refractivity contribution in [1.82, 2.24) is 10.3 Å². The minimum absolute atomic E-state index is 0.152. The summed E-state index contributed by atoms with van der Waals surface area (Å²) in [5.41, 5.74) is 0.841. The Labute approximate surface area is 102 Å². The first-order chi connectivity index (χ1) is 8.27. The van der Waals surface area contributed by atoms with Crippen molar-refractivity contribution in [3.05, 3.63) is 56.5 Å². The predicted octanol–water partition coefficient (Wildman–Crippen LogP) is 2.34. The highest BCUT2D eigenvalue weighted by Gasteiger charge is 2.11. The third-order valence-electron chi connectivity index (χ3n) is 2.26. The topological polar surface area (TPSA) is 68.1 Å². The maximum absolute atomic E-state index is 10.8. The molecule has 1 aromatic carbocycles. The molecule has 0 aliphatic rings. The molecular weight excluding hydrogens is 238 g/mol. The Balaban J connectivity index is 1.97. The molecule has 0 aliphatic heterocycles. The average molecular weight is 249 g/mol. The second-order valence-corrected chi connectivity index (χ2v) is 4.39. The number of aromatic nitrogens is 1. The number of nitrogens with zero attached hydrogens (tertiary/aromatic N) is 2. The van der Waals surface area contributed by atoms with E-state index in [4.69, 9.17) is 0 Å². The van der Waals surface area contributed by atoms with E-state index in [1.54, 1.807) is 35.7 Å². The number of hydrogen-bond donors (Lipinski definition) is 1. The zero-order valence-corrected chi connectivity index (χ0v) is 9.81. The van der Waals surface area contributed by atoms with Gasteiger partial charge in [-0.15, -0.1) is 11.3 Å². The lowest BCUT2D eigenvalue weighted by Gasteiger charge is -2.03. The van der Waals surface area contributed by atoms with Crippen molar-refractivity contribution in [1.29, 1.82) is 0 Å². The SMILES string of the molecule is O=[N+]([O-])c1ccccc1CNCc1nccs1. The highest BCUT2D eigenvalue weighted by Crippen LogP contribution is 2.17. The van der Waals surface area contributed by atoms with E-state index in [2.05, 4.69) is 10.3 Å². The lowest BCUT2D eigenvalue weighted by atomic mass is 10.2. The van der Waals surface area contributed by atoms with E-state index in [0.717, 1.165) is 5.01 Å². The van der Waals surface area contributed by atoms with Gasteiger partial charge in [-0.1, -0.05) is 18.2 Å². The summed E-state index contributed by atoms with van der Waals surface area (Å²) < 4.78 is 0. The molecule has 0 saturated carbocycles. The maximum Gasteiger partial charge on any atom is 0.273 e. The Morgan fingerprint density at radius 2 is 2.18 bits per heavy atom. The number of benzene rings is 1. The van der Waals surface area contributed by atoms with Crippen LogP contribution < -0.4 is 5.32 Å². The standard InChI is InChI=1S/C11H11N3O2S/c15-14(16)10-4-2-1-3-9(10)7-12-8-11-13-5-6-17-11/h1-6,12H,7-8H2. The molecular formula is C11H11N3O2S. The van der Waals surface area contributed by atoms with Crippen LogP contribution in [-0.2, 0) is 13.1 Å². The van der Waals surface area contributed by atoms with Gasteiger partial charge in [0.25, 0.3) is 5.69 Å². The summed E-state index contributed by atoms with van der Waals surface area (Å²) in [6, 6.07) is 6.74. The molecule has 0 unspecified atom stereocenters. The number of nitro groups is 1. The van der Waals surface area contributed by atoms with Gasteiger partial charge in [0.2, 0.25) is 0 Å². The van der Waals surface area contributed by atoms with Crippen LogP contribution in [0.25, 0.3) is 0 Å². The Morgan fingerprint density at radius 1 is 1.35 bits per heavy atom. The highest BCUT2D eigenvalue weighted by atomic mass is 32.1. The minimum atomic E-state index is -0.361. The Hall–Kier alpha value is -1.79. The zero-order chi connectivity index (χ0) is 12.1. The van der Waals surface area contributed by atoms with Crippen LogP contribution in [0.1, 0.15) is 10.6 Å². The molecule has 6 heteroatoms. The van der Waals surface area contributed by atoms with Crippen LogP contribution in [0.5, 0.6) is 0 Å². The second-order valence-electron chi connectivity index (χ2n) is 3.42. The lowest BCUT2D eigenvalue weighted by molar-refractivity contribution is -0.385. The van der Waals surface area contributed by atoms with Gasteiger partial charge >= 0.3 is 0 Å². The maximum atomic E-state index is 10.8. The minimum Gasteiger partial charge on any atom is -0.306 e. The van der Waals surface area contributed by atoms with E-state index < -0.39 is 0 Å². The van der Waals surface area contributed by atoms with Crippen molar-refractivity contribution in [3.8, 4) is 0 Å². The number of thiazole rings is 1. The van der Waals surface area contributed by atoms with Gasteiger partial charge in [-0.3, -0.25) is 10.1 Å². The molecule has 0 fully saturated rings. The number of rotatable bonds is 5. The molecule has 1 heterocycles. The van der Waals surface area contributed by atoms with E-state index in [1.165, 1.54) is 6.07 Å². The van der Waals surface area contributed by atoms with Crippen molar-refractivity contribution in [2.75, 3.05) is 0 Å². The number of nitro benzene ring substituents is 1. The molecule has 2 aromatic rings. The van der Waals surface area contributed by atoms with Crippen molar-refractivity contribution in [2.45, 2.75) is 13.1 Å². The van der Waals surface area contributed by atoms with Crippen LogP contribution in [0.3, 0.4) is 0 Å². The summed E-state index contributed by atoms with van der Waals surface area (Å²) in [4.78, 5) is 14.5. The number of hydrogen-bond acceptors (Lipinski definition) is 5. The Kier molecular flexibility index (Phi) is 3.79. The fourth-order valence-corrected chi connectivity index (χ4v) is 2.07. The van der Waals surface area contributed by atoms with Gasteiger partial charge in [0.15, 0.2) is 0 Å². The summed E-state index contributed by atoms with van der Waals surface area (Å²) in [5, 5.41) is 16.8. The quantitative estimate of drug-likeness (QED) is 0.652. The van der Waals surface area contributed by atoms with E-state index in [-0.39, 0.29) is 10.6 Å². The number of nitrogens with one attached hydrogen (secondary N) is 1. The molecule has 0 aliphatic carbocycles. The molecule has 0 saturated heterocycles. The molecule has 0 bridgehead atoms. The predicted molar refractivity (Wildman–Crippen MR) is 65.8 cm³/mol. The van der Waals surface area contributed by atoms with E-state index in [9.17, 15) is 10.1 Å². The van der Waals surface area contributed by atoms with Gasteiger partial charge in [-0.25, -0.2) is 4.98 Å². The van der Waals surface area contributed by atoms with Gasteiger partial charge in [-0.2, -0.15) is 0 Å². The van der Waals surface area contributed by atoms with Gasteiger partial charge in [-0.05, 0) is 0 Å². The molecule has 0 atom stereocenters. The van der Waals surface area contributed by atoms with E-state index in [1.807, 2.05) is 5.38 Å². The summed E-state index contributed by atoms with van der Waals surface area (Å²) >= 11 is 1.56. The monoisotopic (exact) mass is 249 g/mol. The summed E-state index contributed by atoms with van der Waals surface area (Å²) in [6.45, 7) is 1.10. The van der Waals surface area contributed by atoms with Crippen LogP contribution in [0, 0.1) is 10.1 Å². The van der Waals surface area contributed by atoms with Crippen molar-refractivity contribution < 1.29 is 4.92 Å². The first-order valence-corrected chi connectivity index (χ1v) is 5.96. The molecule has 2 rings (SSSR count). The van der Waals surface area contributed by atoms with Crippen molar-refractivity contribution in [2.24, 2.45) is 0 Å². The normalized spacial score (nSPS) is 10.4. The van der Waals surface area contributed by atoms with Crippen LogP contribution in [0.4, 0.5) is 5.69 Å². The first-order valence-electron chi connectivity index (χ1n) is 5.09. The molecule has 0 radical (unpaired) electrons. The molecule has 5 nitrogen and oxygen atoms in total. The Bertz CT molecular complexity index is 499. The van der Waals surface area contributed by atoms with Gasteiger partial charge in [0, 0.05) is 36.3 Å². The van der Waals surface area contributed by atoms with Crippen LogP contribution >= 0.6 is 11.3 Å². The first kappa shape index (κ1) is 11.7. The molecule has 1 N–H and O–H groups in total. The number of para-hydroxylation sites is 1. The van der Waals surface area contributed by atoms with E-state index >= 15 is 0 Å². The van der Waals surface area contributed by atoms with Gasteiger partial charge < -0.3 is 5.32 Å². The van der Waals surface area contributed by atoms with Crippen molar-refractivity contribution in [3.63, 3.8) is 0 Å². The smallest absolute Gasteiger partial charge is 0.273 e. The van der Waals surface area contributed by atoms with Crippen LogP contribution in [0.15, 0.2) is 35.8 Å². The fourth-order valence-electron chi connectivity index (χ4n) is 1.48. The second kappa shape index (κ2) is 5.51. The summed E-state index contributed by atoms with van der Waals surface area (Å²) in [7, 11) is 0. The van der Waals surface area contributed by atoms with Crippen LogP contribution in [-0.4, -0.2) is 9.91 Å². The molecule has 0 spiro atoms. The van der Waals surface area contributed by atoms with Crippen LogP contribution in [0.2, 0.25) is 0 Å². The molecule has 1 aromatic heterocycles. The third-order valence-corrected chi connectivity index (χ3v) is 3.04. The largest absolute Gasteiger partial charge is 0.306 e. The van der Waals surface area contributed by atoms with Gasteiger partial charge in [0.05, 0.1) is 4.92 Å². The Morgan fingerprint density at radius 3 is 2.88 bits per heavy atom. The fraction of sp³-hybridized carbons (Fsp3) is 0.182. The third kappa shape index (κ3) is 3.08. The lowest BCUT2D eigenvalue weighted by Crippen LogP contribution is -2.13. The summed E-state index contributed by atoms with van der Waals surface area (Å²) in [5.74, 6) is 0. The van der Waals surface area contributed by atoms with Crippen molar-refractivity contribution >= 4 is 17.0 Å². The molecule has 88 valence electrons.